The van der Waals surface area contributed by atoms with Gasteiger partial charge in [0.1, 0.15) is 0 Å². The summed E-state index contributed by atoms with van der Waals surface area (Å²) in [6, 6.07) is 4.38. The molecular weight excluding hydrogens is 240 g/mol. The fraction of sp³-hybridized carbons (Fsp3) is 0.200. The number of nitriles is 1. The van der Waals surface area contributed by atoms with Crippen molar-refractivity contribution >= 4 is 23.7 Å². The Bertz CT molecular complexity index is 470. The molecule has 1 rings (SSSR count). The van der Waals surface area contributed by atoms with Gasteiger partial charge in [-0.3, -0.25) is 10.1 Å². The number of nitrogens with one attached hydrogen (secondary N) is 1. The van der Waals surface area contributed by atoms with Gasteiger partial charge in [0.25, 0.3) is 0 Å². The Labute approximate surface area is 102 Å². The maximum Gasteiger partial charge on any atom is 0.318 e. The molecule has 1 heterocycles. The second-order valence-electron chi connectivity index (χ2n) is 3.01. The Hall–Kier alpha value is -2.07. The first-order valence-corrected chi connectivity index (χ1v) is 5.68. The highest BCUT2D eigenvalue weighted by molar-refractivity contribution is 7.99. The molecule has 17 heavy (non-hydrogen) atoms. The smallest absolute Gasteiger partial charge is 0.318 e. The minimum atomic E-state index is -0.857. The summed E-state index contributed by atoms with van der Waals surface area (Å²) < 4.78 is 0. The standard InChI is InChI=1S/C10H10N4O2S/c11-6-7-1-3-13-9(5-7)17-4-2-8(15)14-10(12)16/h1,3,5H,2,4H2,(H3,12,14,15,16). The van der Waals surface area contributed by atoms with E-state index in [4.69, 9.17) is 11.0 Å². The summed E-state index contributed by atoms with van der Waals surface area (Å²) >= 11 is 1.33. The zero-order chi connectivity index (χ0) is 12.7. The van der Waals surface area contributed by atoms with Crippen LogP contribution in [0.3, 0.4) is 0 Å². The molecule has 0 atom stereocenters. The molecule has 0 bridgehead atoms. The minimum Gasteiger partial charge on any atom is -0.351 e. The van der Waals surface area contributed by atoms with Gasteiger partial charge in [-0.1, -0.05) is 0 Å². The van der Waals surface area contributed by atoms with Gasteiger partial charge in [-0.25, -0.2) is 9.78 Å². The number of thioether (sulfide) groups is 1. The lowest BCUT2D eigenvalue weighted by molar-refractivity contribution is -0.119. The lowest BCUT2D eigenvalue weighted by Gasteiger charge is -2.01. The van der Waals surface area contributed by atoms with Crippen molar-refractivity contribution in [2.75, 3.05) is 5.75 Å². The van der Waals surface area contributed by atoms with Crippen LogP contribution in [0.4, 0.5) is 4.79 Å². The van der Waals surface area contributed by atoms with Gasteiger partial charge >= 0.3 is 6.03 Å². The molecule has 1 aromatic heterocycles. The van der Waals surface area contributed by atoms with Crippen molar-refractivity contribution in [1.29, 1.82) is 5.26 Å². The van der Waals surface area contributed by atoms with E-state index in [0.29, 0.717) is 16.3 Å². The van der Waals surface area contributed by atoms with Crippen LogP contribution in [0.2, 0.25) is 0 Å². The van der Waals surface area contributed by atoms with E-state index in [1.165, 1.54) is 18.0 Å². The number of rotatable bonds is 4. The number of urea groups is 1. The van der Waals surface area contributed by atoms with Crippen LogP contribution in [-0.4, -0.2) is 22.7 Å². The molecule has 0 radical (unpaired) electrons. The van der Waals surface area contributed by atoms with E-state index in [0.717, 1.165) is 0 Å². The topological polar surface area (TPSA) is 109 Å². The molecule has 0 aliphatic carbocycles. The van der Waals surface area contributed by atoms with Crippen LogP contribution < -0.4 is 11.1 Å². The average molecular weight is 250 g/mol. The number of aromatic nitrogens is 1. The molecule has 3 amide bonds. The van der Waals surface area contributed by atoms with Crippen molar-refractivity contribution in [3.05, 3.63) is 23.9 Å². The molecule has 0 aromatic carbocycles. The lowest BCUT2D eigenvalue weighted by Crippen LogP contribution is -2.35. The second kappa shape index (κ2) is 6.50. The van der Waals surface area contributed by atoms with Gasteiger partial charge in [-0.2, -0.15) is 5.26 Å². The Kier molecular flexibility index (Phi) is 4.97. The Balaban J connectivity index is 2.38. The number of pyridine rings is 1. The van der Waals surface area contributed by atoms with Crippen molar-refractivity contribution in [2.45, 2.75) is 11.4 Å². The Morgan fingerprint density at radius 1 is 1.59 bits per heavy atom. The SMILES string of the molecule is N#Cc1ccnc(SCCC(=O)NC(N)=O)c1. The van der Waals surface area contributed by atoms with Crippen LogP contribution in [0.25, 0.3) is 0 Å². The van der Waals surface area contributed by atoms with Crippen LogP contribution in [0.5, 0.6) is 0 Å². The predicted octanol–water partition coefficient (Wildman–Crippen LogP) is 0.630. The fourth-order valence-corrected chi connectivity index (χ4v) is 1.85. The third-order valence-corrected chi connectivity index (χ3v) is 2.63. The molecule has 0 saturated heterocycles. The summed E-state index contributed by atoms with van der Waals surface area (Å²) in [4.78, 5) is 25.5. The molecule has 3 N–H and O–H groups in total. The largest absolute Gasteiger partial charge is 0.351 e. The van der Waals surface area contributed by atoms with Crippen molar-refractivity contribution in [1.82, 2.24) is 10.3 Å². The second-order valence-corrected chi connectivity index (χ2v) is 4.12. The number of nitrogens with two attached hydrogens (primary N) is 1. The van der Waals surface area contributed by atoms with Crippen molar-refractivity contribution < 1.29 is 9.59 Å². The van der Waals surface area contributed by atoms with Gasteiger partial charge in [0.2, 0.25) is 5.91 Å². The number of hydrogen-bond acceptors (Lipinski definition) is 5. The van der Waals surface area contributed by atoms with E-state index in [1.807, 2.05) is 11.4 Å². The summed E-state index contributed by atoms with van der Waals surface area (Å²) in [5.41, 5.74) is 5.31. The molecule has 0 saturated carbocycles. The maximum absolute atomic E-state index is 11.1. The zero-order valence-electron chi connectivity index (χ0n) is 8.84. The van der Waals surface area contributed by atoms with Gasteiger partial charge < -0.3 is 5.73 Å². The average Bonchev–Trinajstić information content (AvgIpc) is 2.28. The molecule has 7 heteroatoms. The number of imide groups is 1. The summed E-state index contributed by atoms with van der Waals surface area (Å²) in [5.74, 6) is 0.0301. The van der Waals surface area contributed by atoms with E-state index in [-0.39, 0.29) is 6.42 Å². The first kappa shape index (κ1) is 13.0. The van der Waals surface area contributed by atoms with Crippen LogP contribution in [-0.2, 0) is 4.79 Å². The monoisotopic (exact) mass is 250 g/mol. The third-order valence-electron chi connectivity index (χ3n) is 1.71. The summed E-state index contributed by atoms with van der Waals surface area (Å²) in [5, 5.41) is 11.3. The normalized spacial score (nSPS) is 9.35. The summed E-state index contributed by atoms with van der Waals surface area (Å²) in [7, 11) is 0. The van der Waals surface area contributed by atoms with Gasteiger partial charge in [-0.05, 0) is 12.1 Å². The summed E-state index contributed by atoms with van der Waals surface area (Å²) in [6.45, 7) is 0. The van der Waals surface area contributed by atoms with E-state index >= 15 is 0 Å². The molecule has 0 unspecified atom stereocenters. The molecule has 0 aliphatic heterocycles. The Morgan fingerprint density at radius 3 is 3.00 bits per heavy atom. The molecule has 0 spiro atoms. The molecule has 88 valence electrons. The van der Waals surface area contributed by atoms with Gasteiger partial charge in [0, 0.05) is 18.4 Å². The lowest BCUT2D eigenvalue weighted by atomic mass is 10.3. The number of carbonyl (C=O) groups excluding carboxylic acids is 2. The fourth-order valence-electron chi connectivity index (χ4n) is 1.01. The van der Waals surface area contributed by atoms with E-state index in [9.17, 15) is 9.59 Å². The highest BCUT2D eigenvalue weighted by Crippen LogP contribution is 2.16. The van der Waals surface area contributed by atoms with Gasteiger partial charge in [0.05, 0.1) is 16.7 Å². The maximum atomic E-state index is 11.1. The van der Waals surface area contributed by atoms with E-state index in [1.54, 1.807) is 12.1 Å². The zero-order valence-corrected chi connectivity index (χ0v) is 9.66. The third kappa shape index (κ3) is 4.99. The number of carbonyl (C=O) groups is 2. The quantitative estimate of drug-likeness (QED) is 0.762. The van der Waals surface area contributed by atoms with E-state index < -0.39 is 11.9 Å². The molecular formula is C10H10N4O2S. The number of primary amides is 1. The highest BCUT2D eigenvalue weighted by Gasteiger charge is 2.05. The summed E-state index contributed by atoms with van der Waals surface area (Å²) in [6.07, 6.45) is 1.69. The predicted molar refractivity (Wildman–Crippen MR) is 62.0 cm³/mol. The van der Waals surface area contributed by atoms with Crippen molar-refractivity contribution in [2.24, 2.45) is 5.73 Å². The number of nitrogens with zero attached hydrogens (tertiary/aromatic N) is 2. The first-order valence-electron chi connectivity index (χ1n) is 4.70. The molecule has 0 fully saturated rings. The minimum absolute atomic E-state index is 0.159. The first-order chi connectivity index (χ1) is 8.11. The van der Waals surface area contributed by atoms with Gasteiger partial charge in [-0.15, -0.1) is 11.8 Å². The van der Waals surface area contributed by atoms with Crippen LogP contribution in [0, 0.1) is 11.3 Å². The van der Waals surface area contributed by atoms with Crippen molar-refractivity contribution in [3.63, 3.8) is 0 Å². The van der Waals surface area contributed by atoms with Crippen molar-refractivity contribution in [3.8, 4) is 6.07 Å². The molecule has 1 aromatic rings. The van der Waals surface area contributed by atoms with Crippen LogP contribution >= 0.6 is 11.8 Å². The van der Waals surface area contributed by atoms with Crippen LogP contribution in [0.1, 0.15) is 12.0 Å². The number of amides is 3. The Morgan fingerprint density at radius 2 is 2.35 bits per heavy atom. The van der Waals surface area contributed by atoms with Crippen LogP contribution in [0.15, 0.2) is 23.4 Å². The number of hydrogen-bond donors (Lipinski definition) is 2. The highest BCUT2D eigenvalue weighted by atomic mass is 32.2. The van der Waals surface area contributed by atoms with E-state index in [2.05, 4.69) is 4.98 Å². The molecule has 0 aliphatic rings. The molecule has 6 nitrogen and oxygen atoms in total. The van der Waals surface area contributed by atoms with Gasteiger partial charge in [0.15, 0.2) is 0 Å².